The van der Waals surface area contributed by atoms with Crippen LogP contribution in [0.5, 0.6) is 11.5 Å². The molecule has 0 aromatic heterocycles. The van der Waals surface area contributed by atoms with Gasteiger partial charge in [-0.15, -0.1) is 0 Å². The number of rotatable bonds is 6. The van der Waals surface area contributed by atoms with Gasteiger partial charge in [0.25, 0.3) is 5.91 Å². The molecule has 0 radical (unpaired) electrons. The molecule has 1 aliphatic rings. The highest BCUT2D eigenvalue weighted by atomic mass is 16.5. The second kappa shape index (κ2) is 8.53. The van der Waals surface area contributed by atoms with Crippen molar-refractivity contribution in [3.05, 3.63) is 66.2 Å². The number of nitrogens with one attached hydrogen (secondary N) is 2. The molecule has 1 saturated heterocycles. The topological polar surface area (TPSA) is 52.0 Å². The summed E-state index contributed by atoms with van der Waals surface area (Å²) in [5.41, 5.74) is 1.95. The summed E-state index contributed by atoms with van der Waals surface area (Å²) in [6, 6.07) is 20.3. The van der Waals surface area contributed by atoms with Crippen molar-refractivity contribution >= 4 is 22.4 Å². The summed E-state index contributed by atoms with van der Waals surface area (Å²) in [4.78, 5) is 14.0. The Morgan fingerprint density at radius 3 is 2.66 bits per heavy atom. The fourth-order valence-electron chi connectivity index (χ4n) is 4.29. The number of quaternary nitrogens is 1. The molecule has 1 unspecified atom stereocenters. The SMILES string of the molecule is COc1ccc(OC)c([C@H]2CCC[NH+]2CC(=O)Nc2ccc3ccccc3c2)c1. The largest absolute Gasteiger partial charge is 0.497 e. The van der Waals surface area contributed by atoms with Crippen LogP contribution < -0.4 is 19.7 Å². The smallest absolute Gasteiger partial charge is 0.279 e. The molecule has 0 aliphatic carbocycles. The van der Waals surface area contributed by atoms with Crippen LogP contribution in [0.4, 0.5) is 5.69 Å². The van der Waals surface area contributed by atoms with Crippen molar-refractivity contribution in [3.63, 3.8) is 0 Å². The van der Waals surface area contributed by atoms with Crippen LogP contribution in [0.15, 0.2) is 60.7 Å². The van der Waals surface area contributed by atoms with Gasteiger partial charge in [0.1, 0.15) is 17.5 Å². The second-order valence-corrected chi connectivity index (χ2v) is 7.50. The van der Waals surface area contributed by atoms with E-state index in [0.29, 0.717) is 6.54 Å². The lowest BCUT2D eigenvalue weighted by Gasteiger charge is -2.23. The van der Waals surface area contributed by atoms with E-state index in [-0.39, 0.29) is 11.9 Å². The van der Waals surface area contributed by atoms with Crippen molar-refractivity contribution in [1.29, 1.82) is 0 Å². The molecule has 1 heterocycles. The van der Waals surface area contributed by atoms with Crippen LogP contribution in [0.3, 0.4) is 0 Å². The van der Waals surface area contributed by atoms with Gasteiger partial charge in [-0.3, -0.25) is 4.79 Å². The minimum Gasteiger partial charge on any atom is -0.497 e. The van der Waals surface area contributed by atoms with Crippen LogP contribution >= 0.6 is 0 Å². The van der Waals surface area contributed by atoms with Gasteiger partial charge in [0.2, 0.25) is 0 Å². The van der Waals surface area contributed by atoms with Crippen LogP contribution in [-0.2, 0) is 4.79 Å². The molecule has 5 heteroatoms. The number of hydrogen-bond donors (Lipinski definition) is 2. The first kappa shape index (κ1) is 19.3. The monoisotopic (exact) mass is 391 g/mol. The van der Waals surface area contributed by atoms with Gasteiger partial charge >= 0.3 is 0 Å². The number of carbonyl (C=O) groups excluding carboxylic acids is 1. The number of methoxy groups -OCH3 is 2. The van der Waals surface area contributed by atoms with Gasteiger partial charge in [-0.2, -0.15) is 0 Å². The van der Waals surface area contributed by atoms with E-state index in [1.165, 1.54) is 10.3 Å². The molecule has 0 saturated carbocycles. The zero-order valence-electron chi connectivity index (χ0n) is 16.9. The maximum absolute atomic E-state index is 12.8. The van der Waals surface area contributed by atoms with E-state index >= 15 is 0 Å². The number of likely N-dealkylation sites (tertiary alicyclic amines) is 1. The molecule has 3 aromatic carbocycles. The Labute approximate surface area is 171 Å². The van der Waals surface area contributed by atoms with E-state index in [9.17, 15) is 4.79 Å². The average molecular weight is 391 g/mol. The summed E-state index contributed by atoms with van der Waals surface area (Å²) in [7, 11) is 3.36. The predicted octanol–water partition coefficient (Wildman–Crippen LogP) is 3.22. The maximum atomic E-state index is 12.8. The van der Waals surface area contributed by atoms with Gasteiger partial charge in [-0.1, -0.05) is 30.3 Å². The lowest BCUT2D eigenvalue weighted by Crippen LogP contribution is -3.11. The minimum atomic E-state index is 0.0315. The van der Waals surface area contributed by atoms with Crippen LogP contribution in [0.1, 0.15) is 24.4 Å². The molecule has 1 fully saturated rings. The van der Waals surface area contributed by atoms with Gasteiger partial charge in [-0.25, -0.2) is 0 Å². The molecule has 0 bridgehead atoms. The average Bonchev–Trinajstić information content (AvgIpc) is 3.20. The Kier molecular flexibility index (Phi) is 5.67. The van der Waals surface area contributed by atoms with Gasteiger partial charge in [0.15, 0.2) is 6.54 Å². The molecule has 5 nitrogen and oxygen atoms in total. The molecule has 1 amide bonds. The van der Waals surface area contributed by atoms with Crippen LogP contribution in [-0.4, -0.2) is 33.2 Å². The third-order valence-electron chi connectivity index (χ3n) is 5.72. The van der Waals surface area contributed by atoms with E-state index < -0.39 is 0 Å². The Morgan fingerprint density at radius 2 is 1.86 bits per heavy atom. The zero-order chi connectivity index (χ0) is 20.2. The van der Waals surface area contributed by atoms with Gasteiger partial charge in [0, 0.05) is 18.5 Å². The first-order valence-corrected chi connectivity index (χ1v) is 10.0. The van der Waals surface area contributed by atoms with Crippen molar-refractivity contribution in [2.75, 3.05) is 32.6 Å². The van der Waals surface area contributed by atoms with E-state index in [4.69, 9.17) is 9.47 Å². The quantitative estimate of drug-likeness (QED) is 0.678. The summed E-state index contributed by atoms with van der Waals surface area (Å²) >= 11 is 0. The van der Waals surface area contributed by atoms with E-state index in [1.807, 2.05) is 48.5 Å². The van der Waals surface area contributed by atoms with Gasteiger partial charge in [-0.05, 0) is 41.1 Å². The fourth-order valence-corrected chi connectivity index (χ4v) is 4.29. The van der Waals surface area contributed by atoms with Crippen LogP contribution in [0, 0.1) is 0 Å². The molecular weight excluding hydrogens is 364 g/mol. The maximum Gasteiger partial charge on any atom is 0.279 e. The number of fused-ring (bicyclic) bond motifs is 1. The highest BCUT2D eigenvalue weighted by Crippen LogP contribution is 2.31. The lowest BCUT2D eigenvalue weighted by atomic mass is 10.0. The summed E-state index contributed by atoms with van der Waals surface area (Å²) in [6.45, 7) is 1.40. The molecule has 4 rings (SSSR count). The number of ether oxygens (including phenoxy) is 2. The summed E-state index contributed by atoms with van der Waals surface area (Å²) < 4.78 is 11.0. The van der Waals surface area contributed by atoms with Crippen molar-refractivity contribution < 1.29 is 19.2 Å². The van der Waals surface area contributed by atoms with Crippen molar-refractivity contribution in [3.8, 4) is 11.5 Å². The molecule has 3 aromatic rings. The number of amides is 1. The highest BCUT2D eigenvalue weighted by Gasteiger charge is 2.34. The van der Waals surface area contributed by atoms with Gasteiger partial charge in [0.05, 0.1) is 26.3 Å². The molecule has 0 spiro atoms. The normalized spacial score (nSPS) is 18.6. The van der Waals surface area contributed by atoms with Crippen LogP contribution in [0.25, 0.3) is 10.8 Å². The van der Waals surface area contributed by atoms with Crippen LogP contribution in [0.2, 0.25) is 0 Å². The minimum absolute atomic E-state index is 0.0315. The number of carbonyl (C=O) groups is 1. The molecule has 29 heavy (non-hydrogen) atoms. The highest BCUT2D eigenvalue weighted by molar-refractivity contribution is 5.94. The summed E-state index contributed by atoms with van der Waals surface area (Å²) in [6.07, 6.45) is 2.12. The first-order chi connectivity index (χ1) is 14.2. The van der Waals surface area contributed by atoms with E-state index in [0.717, 1.165) is 47.5 Å². The second-order valence-electron chi connectivity index (χ2n) is 7.50. The van der Waals surface area contributed by atoms with Gasteiger partial charge < -0.3 is 19.7 Å². The zero-order valence-corrected chi connectivity index (χ0v) is 16.9. The number of anilines is 1. The summed E-state index contributed by atoms with van der Waals surface area (Å²) in [5.74, 6) is 1.70. The lowest BCUT2D eigenvalue weighted by molar-refractivity contribution is -0.910. The van der Waals surface area contributed by atoms with Crippen molar-refractivity contribution in [2.45, 2.75) is 18.9 Å². The van der Waals surface area contributed by atoms with Crippen molar-refractivity contribution in [1.82, 2.24) is 0 Å². The third kappa shape index (κ3) is 4.20. The Balaban J connectivity index is 1.48. The summed E-state index contributed by atoms with van der Waals surface area (Å²) in [5, 5.41) is 5.36. The first-order valence-electron chi connectivity index (χ1n) is 10.0. The molecule has 1 aliphatic heterocycles. The predicted molar refractivity (Wildman–Crippen MR) is 115 cm³/mol. The van der Waals surface area contributed by atoms with Crippen molar-refractivity contribution in [2.24, 2.45) is 0 Å². The number of hydrogen-bond acceptors (Lipinski definition) is 3. The standard InChI is InChI=1S/C24H26N2O3/c1-28-20-11-12-23(29-2)21(15-20)22-8-5-13-26(22)16-24(27)25-19-10-9-17-6-3-4-7-18(17)14-19/h3-4,6-7,9-12,14-15,22H,5,8,13,16H2,1-2H3,(H,25,27)/p+1/t22-/m1/s1. The van der Waals surface area contributed by atoms with E-state index in [2.05, 4.69) is 17.4 Å². The third-order valence-corrected chi connectivity index (χ3v) is 5.72. The fraction of sp³-hybridized carbons (Fsp3) is 0.292. The Hall–Kier alpha value is -3.05. The molecular formula is C24H27N2O3+. The Morgan fingerprint density at radius 1 is 1.03 bits per heavy atom. The molecule has 2 atom stereocenters. The molecule has 2 N–H and O–H groups in total. The Bertz CT molecular complexity index is 1020. The number of benzene rings is 3. The molecule has 150 valence electrons. The van der Waals surface area contributed by atoms with E-state index in [1.54, 1.807) is 14.2 Å².